The van der Waals surface area contributed by atoms with Gasteiger partial charge in [-0.05, 0) is 24.6 Å². The molecule has 2 aromatic rings. The molecule has 23 heavy (non-hydrogen) atoms. The number of piperazine rings is 1. The Kier molecular flexibility index (Phi) is 4.43. The first kappa shape index (κ1) is 16.1. The summed E-state index contributed by atoms with van der Waals surface area (Å²) in [5, 5.41) is 4.09. The van der Waals surface area contributed by atoms with Crippen molar-refractivity contribution in [3.8, 4) is 0 Å². The van der Waals surface area contributed by atoms with Crippen LogP contribution in [0.4, 0.5) is 18.9 Å². The number of hydrogen-bond donors (Lipinski definition) is 1. The number of aryl methyl sites for hydroxylation is 1. The average molecular weight is 323 g/mol. The van der Waals surface area contributed by atoms with Crippen LogP contribution in [0.3, 0.4) is 0 Å². The second kappa shape index (κ2) is 6.35. The maximum absolute atomic E-state index is 13.0. The standard InChI is InChI=1S/C17H20F3N3/c1-2-3-13-11-16(23-8-6-21-7-9-23)14-5-4-12(17(18,19)20)10-15(14)22-13/h4-5,10-11,21H,2-3,6-9H2,1H3. The molecule has 1 saturated heterocycles. The molecule has 1 N–H and O–H groups in total. The smallest absolute Gasteiger partial charge is 0.368 e. The van der Waals surface area contributed by atoms with Crippen molar-refractivity contribution in [2.45, 2.75) is 25.9 Å². The predicted octanol–water partition coefficient (Wildman–Crippen LogP) is 3.62. The molecule has 6 heteroatoms. The molecule has 1 aromatic heterocycles. The number of hydrogen-bond acceptors (Lipinski definition) is 3. The van der Waals surface area contributed by atoms with Gasteiger partial charge in [0.1, 0.15) is 0 Å². The molecule has 0 aliphatic carbocycles. The highest BCUT2D eigenvalue weighted by molar-refractivity contribution is 5.92. The van der Waals surface area contributed by atoms with E-state index in [1.165, 1.54) is 6.07 Å². The van der Waals surface area contributed by atoms with E-state index in [9.17, 15) is 13.2 Å². The first-order chi connectivity index (χ1) is 11.0. The summed E-state index contributed by atoms with van der Waals surface area (Å²) in [7, 11) is 0. The number of anilines is 1. The quantitative estimate of drug-likeness (QED) is 0.935. The van der Waals surface area contributed by atoms with Crippen LogP contribution in [0.2, 0.25) is 0 Å². The first-order valence-electron chi connectivity index (χ1n) is 7.95. The fourth-order valence-electron chi connectivity index (χ4n) is 2.99. The van der Waals surface area contributed by atoms with E-state index in [4.69, 9.17) is 0 Å². The van der Waals surface area contributed by atoms with E-state index < -0.39 is 11.7 Å². The highest BCUT2D eigenvalue weighted by atomic mass is 19.4. The Morgan fingerprint density at radius 3 is 2.57 bits per heavy atom. The SMILES string of the molecule is CCCc1cc(N2CCNCC2)c2ccc(C(F)(F)F)cc2n1. The molecule has 3 rings (SSSR count). The van der Waals surface area contributed by atoms with Crippen LogP contribution in [0.5, 0.6) is 0 Å². The van der Waals surface area contributed by atoms with Crippen molar-refractivity contribution in [3.05, 3.63) is 35.5 Å². The van der Waals surface area contributed by atoms with E-state index in [0.717, 1.165) is 61.9 Å². The number of fused-ring (bicyclic) bond motifs is 1. The van der Waals surface area contributed by atoms with Gasteiger partial charge >= 0.3 is 6.18 Å². The van der Waals surface area contributed by atoms with Gasteiger partial charge in [0.2, 0.25) is 0 Å². The summed E-state index contributed by atoms with van der Waals surface area (Å²) in [6.45, 7) is 5.51. The number of benzene rings is 1. The summed E-state index contributed by atoms with van der Waals surface area (Å²) in [6.07, 6.45) is -2.66. The predicted molar refractivity (Wildman–Crippen MR) is 85.8 cm³/mol. The summed E-state index contributed by atoms with van der Waals surface area (Å²) in [5.41, 5.74) is 1.64. The Bertz CT molecular complexity index is 691. The Hall–Kier alpha value is -1.82. The summed E-state index contributed by atoms with van der Waals surface area (Å²) in [6, 6.07) is 5.90. The van der Waals surface area contributed by atoms with Gasteiger partial charge in [0.15, 0.2) is 0 Å². The maximum Gasteiger partial charge on any atom is 0.416 e. The Labute approximate surface area is 133 Å². The van der Waals surface area contributed by atoms with Crippen molar-refractivity contribution in [1.29, 1.82) is 0 Å². The number of pyridine rings is 1. The first-order valence-corrected chi connectivity index (χ1v) is 7.95. The Balaban J connectivity index is 2.12. The lowest BCUT2D eigenvalue weighted by atomic mass is 10.1. The Morgan fingerprint density at radius 2 is 1.91 bits per heavy atom. The van der Waals surface area contributed by atoms with Gasteiger partial charge in [0.25, 0.3) is 0 Å². The molecule has 1 aliphatic heterocycles. The molecular formula is C17H20F3N3. The van der Waals surface area contributed by atoms with Crippen LogP contribution in [-0.2, 0) is 12.6 Å². The fraction of sp³-hybridized carbons (Fsp3) is 0.471. The molecule has 0 amide bonds. The molecule has 1 fully saturated rings. The molecule has 0 spiro atoms. The molecule has 1 aliphatic rings. The summed E-state index contributed by atoms with van der Waals surface area (Å²) < 4.78 is 38.9. The van der Waals surface area contributed by atoms with Gasteiger partial charge in [-0.2, -0.15) is 13.2 Å². The van der Waals surface area contributed by atoms with E-state index in [1.54, 1.807) is 6.07 Å². The fourth-order valence-corrected chi connectivity index (χ4v) is 2.99. The normalized spacial score (nSPS) is 16.1. The van der Waals surface area contributed by atoms with Gasteiger partial charge in [0, 0.05) is 42.9 Å². The molecule has 3 nitrogen and oxygen atoms in total. The number of aromatic nitrogens is 1. The Morgan fingerprint density at radius 1 is 1.17 bits per heavy atom. The van der Waals surface area contributed by atoms with Gasteiger partial charge in [-0.25, -0.2) is 0 Å². The third-order valence-electron chi connectivity index (χ3n) is 4.13. The summed E-state index contributed by atoms with van der Waals surface area (Å²) in [5.74, 6) is 0. The van der Waals surface area contributed by atoms with Gasteiger partial charge < -0.3 is 10.2 Å². The van der Waals surface area contributed by atoms with Crippen molar-refractivity contribution >= 4 is 16.6 Å². The van der Waals surface area contributed by atoms with E-state index in [2.05, 4.69) is 15.2 Å². The van der Waals surface area contributed by atoms with Crippen molar-refractivity contribution in [1.82, 2.24) is 10.3 Å². The van der Waals surface area contributed by atoms with Gasteiger partial charge in [-0.3, -0.25) is 4.98 Å². The van der Waals surface area contributed by atoms with Crippen LogP contribution in [0, 0.1) is 0 Å². The van der Waals surface area contributed by atoms with Crippen molar-refractivity contribution in [2.24, 2.45) is 0 Å². The number of halogens is 3. The van der Waals surface area contributed by atoms with Crippen LogP contribution in [0.15, 0.2) is 24.3 Å². The van der Waals surface area contributed by atoms with E-state index in [-0.39, 0.29) is 0 Å². The summed E-state index contributed by atoms with van der Waals surface area (Å²) >= 11 is 0. The second-order valence-electron chi connectivity index (χ2n) is 5.85. The van der Waals surface area contributed by atoms with Crippen LogP contribution >= 0.6 is 0 Å². The monoisotopic (exact) mass is 323 g/mol. The van der Waals surface area contributed by atoms with Gasteiger partial charge in [-0.1, -0.05) is 19.4 Å². The van der Waals surface area contributed by atoms with Gasteiger partial charge in [-0.15, -0.1) is 0 Å². The minimum atomic E-state index is -4.34. The van der Waals surface area contributed by atoms with Crippen molar-refractivity contribution < 1.29 is 13.2 Å². The number of alkyl halides is 3. The van der Waals surface area contributed by atoms with E-state index in [1.807, 2.05) is 13.0 Å². The average Bonchev–Trinajstić information content (AvgIpc) is 2.54. The minimum Gasteiger partial charge on any atom is -0.368 e. The van der Waals surface area contributed by atoms with Crippen LogP contribution in [-0.4, -0.2) is 31.2 Å². The summed E-state index contributed by atoms with van der Waals surface area (Å²) in [4.78, 5) is 6.68. The maximum atomic E-state index is 13.0. The zero-order chi connectivity index (χ0) is 16.4. The van der Waals surface area contributed by atoms with Crippen LogP contribution in [0.25, 0.3) is 10.9 Å². The minimum absolute atomic E-state index is 0.430. The van der Waals surface area contributed by atoms with Crippen molar-refractivity contribution in [3.63, 3.8) is 0 Å². The number of rotatable bonds is 3. The van der Waals surface area contributed by atoms with E-state index in [0.29, 0.717) is 5.52 Å². The van der Waals surface area contributed by atoms with Crippen LogP contribution in [0.1, 0.15) is 24.6 Å². The zero-order valence-corrected chi connectivity index (χ0v) is 13.1. The molecule has 0 unspecified atom stereocenters. The molecule has 124 valence electrons. The lowest BCUT2D eigenvalue weighted by molar-refractivity contribution is -0.137. The zero-order valence-electron chi connectivity index (χ0n) is 13.1. The number of nitrogens with one attached hydrogen (secondary N) is 1. The highest BCUT2D eigenvalue weighted by Crippen LogP contribution is 2.34. The second-order valence-corrected chi connectivity index (χ2v) is 5.85. The topological polar surface area (TPSA) is 28.2 Å². The van der Waals surface area contributed by atoms with Gasteiger partial charge in [0.05, 0.1) is 11.1 Å². The third-order valence-corrected chi connectivity index (χ3v) is 4.13. The largest absolute Gasteiger partial charge is 0.416 e. The molecule has 0 radical (unpaired) electrons. The third kappa shape index (κ3) is 3.42. The molecule has 0 saturated carbocycles. The molecule has 2 heterocycles. The number of nitrogens with zero attached hydrogens (tertiary/aromatic N) is 2. The molecule has 0 atom stereocenters. The highest BCUT2D eigenvalue weighted by Gasteiger charge is 2.31. The van der Waals surface area contributed by atoms with Crippen LogP contribution < -0.4 is 10.2 Å². The molecule has 1 aromatic carbocycles. The lowest BCUT2D eigenvalue weighted by Crippen LogP contribution is -2.43. The molecular weight excluding hydrogens is 303 g/mol. The molecule has 0 bridgehead atoms. The lowest BCUT2D eigenvalue weighted by Gasteiger charge is -2.30. The van der Waals surface area contributed by atoms with Crippen molar-refractivity contribution in [2.75, 3.05) is 31.1 Å². The van der Waals surface area contributed by atoms with E-state index >= 15 is 0 Å².